The first kappa shape index (κ1) is 18.7. The first-order valence-corrected chi connectivity index (χ1v) is 9.69. The SMILES string of the molecule is CN=C(NCCc1c[nH]c2cccc(C)c12)NCc1cccc(-c2ncn[nH]2)c1. The molecule has 0 radical (unpaired) electrons. The average molecular weight is 387 g/mol. The van der Waals surface area contributed by atoms with Gasteiger partial charge in [0.05, 0.1) is 0 Å². The Hall–Kier alpha value is -3.61. The minimum atomic E-state index is 0.674. The van der Waals surface area contributed by atoms with E-state index in [1.165, 1.54) is 28.4 Å². The molecule has 0 atom stereocenters. The van der Waals surface area contributed by atoms with E-state index in [0.29, 0.717) is 6.54 Å². The van der Waals surface area contributed by atoms with Gasteiger partial charge in [-0.3, -0.25) is 10.1 Å². The van der Waals surface area contributed by atoms with E-state index in [9.17, 15) is 0 Å². The molecule has 0 aliphatic carbocycles. The van der Waals surface area contributed by atoms with Crippen molar-refractivity contribution >= 4 is 16.9 Å². The second-order valence-electron chi connectivity index (χ2n) is 6.95. The van der Waals surface area contributed by atoms with E-state index < -0.39 is 0 Å². The number of aryl methyl sites for hydroxylation is 1. The number of nitrogens with one attached hydrogen (secondary N) is 4. The van der Waals surface area contributed by atoms with Crippen molar-refractivity contribution in [2.75, 3.05) is 13.6 Å². The van der Waals surface area contributed by atoms with E-state index >= 15 is 0 Å². The van der Waals surface area contributed by atoms with Crippen LogP contribution in [0.25, 0.3) is 22.3 Å². The van der Waals surface area contributed by atoms with Gasteiger partial charge < -0.3 is 15.6 Å². The van der Waals surface area contributed by atoms with Gasteiger partial charge in [-0.15, -0.1) is 0 Å². The standard InChI is InChI=1S/C22H25N7/c1-15-5-3-8-19-20(15)18(13-25-19)9-10-24-22(23-2)26-12-16-6-4-7-17(11-16)21-27-14-28-29-21/h3-8,11,13-14,25H,9-10,12H2,1-2H3,(H2,23,24,26)(H,27,28,29). The minimum Gasteiger partial charge on any atom is -0.361 e. The number of fused-ring (bicyclic) bond motifs is 1. The second kappa shape index (κ2) is 8.60. The number of benzene rings is 2. The molecule has 0 bridgehead atoms. The highest BCUT2D eigenvalue weighted by Gasteiger charge is 2.07. The number of nitrogens with zero attached hydrogens (tertiary/aromatic N) is 3. The first-order chi connectivity index (χ1) is 14.2. The van der Waals surface area contributed by atoms with Gasteiger partial charge in [0, 0.05) is 42.8 Å². The summed E-state index contributed by atoms with van der Waals surface area (Å²) >= 11 is 0. The van der Waals surface area contributed by atoms with Crippen molar-refractivity contribution < 1.29 is 0 Å². The van der Waals surface area contributed by atoms with Crippen LogP contribution in [0.15, 0.2) is 60.0 Å². The highest BCUT2D eigenvalue weighted by molar-refractivity contribution is 5.86. The molecule has 29 heavy (non-hydrogen) atoms. The van der Waals surface area contributed by atoms with Gasteiger partial charge in [0.15, 0.2) is 11.8 Å². The van der Waals surface area contributed by atoms with Crippen LogP contribution >= 0.6 is 0 Å². The van der Waals surface area contributed by atoms with E-state index in [0.717, 1.165) is 35.9 Å². The van der Waals surface area contributed by atoms with Crippen molar-refractivity contribution in [3.8, 4) is 11.4 Å². The second-order valence-corrected chi connectivity index (χ2v) is 6.95. The summed E-state index contributed by atoms with van der Waals surface area (Å²) in [7, 11) is 1.79. The van der Waals surface area contributed by atoms with E-state index in [4.69, 9.17) is 0 Å². The number of hydrogen-bond acceptors (Lipinski definition) is 3. The topological polar surface area (TPSA) is 93.8 Å². The molecule has 0 unspecified atom stereocenters. The lowest BCUT2D eigenvalue weighted by atomic mass is 10.1. The highest BCUT2D eigenvalue weighted by atomic mass is 15.2. The number of hydrogen-bond donors (Lipinski definition) is 4. The summed E-state index contributed by atoms with van der Waals surface area (Å²) in [4.78, 5) is 11.9. The zero-order valence-corrected chi connectivity index (χ0v) is 16.7. The Morgan fingerprint density at radius 2 is 2.03 bits per heavy atom. The summed E-state index contributed by atoms with van der Waals surface area (Å²) in [5, 5.41) is 14.9. The number of H-pyrrole nitrogens is 2. The Bertz CT molecular complexity index is 1110. The number of aliphatic imine (C=N–C) groups is 1. The summed E-state index contributed by atoms with van der Waals surface area (Å²) in [6.45, 7) is 3.63. The van der Waals surface area contributed by atoms with Crippen molar-refractivity contribution in [3.05, 3.63) is 71.7 Å². The van der Waals surface area contributed by atoms with Gasteiger partial charge in [0.1, 0.15) is 6.33 Å². The summed E-state index contributed by atoms with van der Waals surface area (Å²) in [5.41, 5.74) is 5.97. The predicted molar refractivity (Wildman–Crippen MR) is 117 cm³/mol. The van der Waals surface area contributed by atoms with Gasteiger partial charge in [-0.2, -0.15) is 5.10 Å². The van der Waals surface area contributed by atoms with Crippen molar-refractivity contribution in [1.29, 1.82) is 0 Å². The third kappa shape index (κ3) is 4.29. The Balaban J connectivity index is 1.33. The highest BCUT2D eigenvalue weighted by Crippen LogP contribution is 2.22. The Labute approximate surface area is 169 Å². The van der Waals surface area contributed by atoms with Crippen LogP contribution in [-0.2, 0) is 13.0 Å². The number of guanidine groups is 1. The molecule has 4 aromatic rings. The molecule has 4 N–H and O–H groups in total. The molecular formula is C22H25N7. The smallest absolute Gasteiger partial charge is 0.191 e. The molecule has 7 heteroatoms. The molecule has 0 saturated heterocycles. The van der Waals surface area contributed by atoms with Crippen LogP contribution in [0.5, 0.6) is 0 Å². The predicted octanol–water partition coefficient (Wildman–Crippen LogP) is 3.17. The van der Waals surface area contributed by atoms with Crippen LogP contribution in [0.4, 0.5) is 0 Å². The number of aromatic amines is 2. The Morgan fingerprint density at radius 1 is 1.14 bits per heavy atom. The summed E-state index contributed by atoms with van der Waals surface area (Å²) in [6.07, 6.45) is 4.54. The van der Waals surface area contributed by atoms with Crippen LogP contribution in [0, 0.1) is 6.92 Å². The maximum atomic E-state index is 4.33. The normalized spacial score (nSPS) is 11.7. The fourth-order valence-electron chi connectivity index (χ4n) is 3.54. The van der Waals surface area contributed by atoms with Crippen LogP contribution in [0.2, 0.25) is 0 Å². The monoisotopic (exact) mass is 387 g/mol. The molecule has 7 nitrogen and oxygen atoms in total. The lowest BCUT2D eigenvalue weighted by Crippen LogP contribution is -2.37. The molecule has 2 heterocycles. The van der Waals surface area contributed by atoms with Gasteiger partial charge >= 0.3 is 0 Å². The third-order valence-electron chi connectivity index (χ3n) is 4.98. The van der Waals surface area contributed by atoms with Gasteiger partial charge in [-0.1, -0.05) is 30.3 Å². The van der Waals surface area contributed by atoms with Gasteiger partial charge in [0.2, 0.25) is 0 Å². The zero-order valence-electron chi connectivity index (χ0n) is 16.7. The molecule has 0 saturated carbocycles. The molecule has 148 valence electrons. The molecule has 0 spiro atoms. The third-order valence-corrected chi connectivity index (χ3v) is 4.98. The van der Waals surface area contributed by atoms with Gasteiger partial charge in [-0.05, 0) is 42.2 Å². The largest absolute Gasteiger partial charge is 0.361 e. The summed E-state index contributed by atoms with van der Waals surface area (Å²) in [5.74, 6) is 1.55. The van der Waals surface area contributed by atoms with E-state index in [2.05, 4.69) is 79.2 Å². The summed E-state index contributed by atoms with van der Waals surface area (Å²) in [6, 6.07) is 14.6. The zero-order chi connectivity index (χ0) is 20.1. The van der Waals surface area contributed by atoms with Crippen molar-refractivity contribution in [1.82, 2.24) is 30.8 Å². The molecule has 0 fully saturated rings. The van der Waals surface area contributed by atoms with E-state index in [1.807, 2.05) is 12.1 Å². The maximum Gasteiger partial charge on any atom is 0.191 e. The molecule has 2 aromatic heterocycles. The van der Waals surface area contributed by atoms with Gasteiger partial charge in [-0.25, -0.2) is 4.98 Å². The first-order valence-electron chi connectivity index (χ1n) is 9.69. The van der Waals surface area contributed by atoms with Gasteiger partial charge in [0.25, 0.3) is 0 Å². The molecule has 2 aromatic carbocycles. The quantitative estimate of drug-likeness (QED) is 0.302. The maximum absolute atomic E-state index is 4.33. The Morgan fingerprint density at radius 3 is 2.86 bits per heavy atom. The van der Waals surface area contributed by atoms with Crippen LogP contribution in [-0.4, -0.2) is 39.7 Å². The molecule has 0 amide bonds. The van der Waals surface area contributed by atoms with Crippen molar-refractivity contribution in [2.24, 2.45) is 4.99 Å². The Kier molecular flexibility index (Phi) is 5.56. The number of aromatic nitrogens is 4. The number of rotatable bonds is 6. The lowest BCUT2D eigenvalue weighted by molar-refractivity contribution is 0.796. The van der Waals surface area contributed by atoms with E-state index in [-0.39, 0.29) is 0 Å². The minimum absolute atomic E-state index is 0.674. The molecule has 0 aliphatic heterocycles. The van der Waals surface area contributed by atoms with Crippen LogP contribution in [0.1, 0.15) is 16.7 Å². The molecular weight excluding hydrogens is 362 g/mol. The van der Waals surface area contributed by atoms with Crippen molar-refractivity contribution in [3.63, 3.8) is 0 Å². The van der Waals surface area contributed by atoms with Crippen LogP contribution < -0.4 is 10.6 Å². The van der Waals surface area contributed by atoms with Crippen LogP contribution in [0.3, 0.4) is 0 Å². The fraction of sp³-hybridized carbons (Fsp3) is 0.227. The average Bonchev–Trinajstić information content (AvgIpc) is 3.42. The molecule has 4 rings (SSSR count). The lowest BCUT2D eigenvalue weighted by Gasteiger charge is -2.12. The van der Waals surface area contributed by atoms with E-state index in [1.54, 1.807) is 7.05 Å². The molecule has 0 aliphatic rings. The summed E-state index contributed by atoms with van der Waals surface area (Å²) < 4.78 is 0. The fourth-order valence-corrected chi connectivity index (χ4v) is 3.54. The van der Waals surface area contributed by atoms with Crippen molar-refractivity contribution in [2.45, 2.75) is 19.9 Å².